The van der Waals surface area contributed by atoms with E-state index in [9.17, 15) is 18.8 Å². The minimum absolute atomic E-state index is 0.0109. The molecule has 2 fully saturated rings. The molecule has 0 aliphatic heterocycles. The minimum atomic E-state index is -0.523. The van der Waals surface area contributed by atoms with Crippen LogP contribution in [0.25, 0.3) is 10.5 Å². The summed E-state index contributed by atoms with van der Waals surface area (Å²) in [5, 5.41) is 0. The van der Waals surface area contributed by atoms with Crippen LogP contribution >= 0.6 is 0 Å². The summed E-state index contributed by atoms with van der Waals surface area (Å²) in [5.41, 5.74) is 0.558. The van der Waals surface area contributed by atoms with Crippen molar-refractivity contribution in [1.29, 1.82) is 0 Å². The predicted molar refractivity (Wildman–Crippen MR) is 125 cm³/mol. The summed E-state index contributed by atoms with van der Waals surface area (Å²) in [4.78, 5) is 47.0. The van der Waals surface area contributed by atoms with Gasteiger partial charge in [-0.1, -0.05) is 13.3 Å². The van der Waals surface area contributed by atoms with Crippen LogP contribution in [-0.4, -0.2) is 32.9 Å². The standard InChI is InChI=1S/C27H30FN3O3/c1-3-19(29-2)14-26(33)20-5-4-6-21(20)27(34)22(17-7-8-17)15-25(32)18-9-10-24(23(28)13-18)31-12-11-30-16-31/h9-13,16-17,19-22H,3-8,14-15H2,1H3. The van der Waals surface area contributed by atoms with Gasteiger partial charge in [-0.25, -0.2) is 15.9 Å². The molecule has 178 valence electrons. The van der Waals surface area contributed by atoms with Crippen molar-refractivity contribution in [2.24, 2.45) is 23.7 Å². The van der Waals surface area contributed by atoms with Crippen LogP contribution in [0.2, 0.25) is 0 Å². The molecule has 2 saturated carbocycles. The third-order valence-corrected chi connectivity index (χ3v) is 7.40. The summed E-state index contributed by atoms with van der Waals surface area (Å²) < 4.78 is 16.2. The van der Waals surface area contributed by atoms with Gasteiger partial charge in [-0.3, -0.25) is 14.4 Å². The number of halogens is 1. The highest BCUT2D eigenvalue weighted by atomic mass is 19.1. The van der Waals surface area contributed by atoms with Gasteiger partial charge in [0.25, 0.3) is 0 Å². The maximum atomic E-state index is 14.7. The maximum Gasteiger partial charge on any atom is 0.230 e. The van der Waals surface area contributed by atoms with Crippen molar-refractivity contribution in [3.05, 3.63) is 59.7 Å². The van der Waals surface area contributed by atoms with Crippen molar-refractivity contribution in [3.8, 4) is 5.69 Å². The zero-order chi connectivity index (χ0) is 24.2. The molecule has 0 N–H and O–H groups in total. The zero-order valence-corrected chi connectivity index (χ0v) is 19.5. The summed E-state index contributed by atoms with van der Waals surface area (Å²) in [6.07, 6.45) is 9.49. The number of imidazole rings is 1. The molecule has 1 aromatic heterocycles. The van der Waals surface area contributed by atoms with Crippen molar-refractivity contribution in [2.75, 3.05) is 0 Å². The monoisotopic (exact) mass is 463 g/mol. The lowest BCUT2D eigenvalue weighted by atomic mass is 9.78. The molecule has 2 aromatic rings. The number of benzene rings is 1. The van der Waals surface area contributed by atoms with Crippen molar-refractivity contribution in [1.82, 2.24) is 9.55 Å². The first-order chi connectivity index (χ1) is 16.4. The van der Waals surface area contributed by atoms with Crippen LogP contribution in [0.1, 0.15) is 68.6 Å². The van der Waals surface area contributed by atoms with Crippen LogP contribution in [0.3, 0.4) is 0 Å². The van der Waals surface area contributed by atoms with Gasteiger partial charge < -0.3 is 9.41 Å². The normalized spacial score (nSPS) is 21.6. The number of ketones is 3. The Morgan fingerprint density at radius 3 is 2.56 bits per heavy atom. The zero-order valence-electron chi connectivity index (χ0n) is 19.5. The fourth-order valence-corrected chi connectivity index (χ4v) is 5.23. The fraction of sp³-hybridized carbons (Fsp3) is 0.519. The van der Waals surface area contributed by atoms with Gasteiger partial charge in [0, 0.05) is 48.6 Å². The Labute approximate surface area is 199 Å². The first-order valence-corrected chi connectivity index (χ1v) is 12.2. The molecule has 0 radical (unpaired) electrons. The molecule has 1 aromatic carbocycles. The van der Waals surface area contributed by atoms with Crippen molar-refractivity contribution < 1.29 is 18.8 Å². The SMILES string of the molecule is [C-]#[N+]C(CC)CC(=O)C1CCCC1C(=O)C(CC(=O)c1ccc(-n2ccnc2)c(F)c1)C1CC1. The summed E-state index contributed by atoms with van der Waals surface area (Å²) in [6.45, 7) is 9.15. The number of carbonyl (C=O) groups excluding carboxylic acids is 3. The van der Waals surface area contributed by atoms with E-state index in [0.29, 0.717) is 24.9 Å². The molecule has 2 aliphatic carbocycles. The molecule has 2 aliphatic rings. The Morgan fingerprint density at radius 2 is 1.94 bits per heavy atom. The van der Waals surface area contributed by atoms with Crippen LogP contribution in [0.15, 0.2) is 36.9 Å². The van der Waals surface area contributed by atoms with E-state index >= 15 is 0 Å². The van der Waals surface area contributed by atoms with E-state index in [1.807, 2.05) is 6.92 Å². The third kappa shape index (κ3) is 5.16. The van der Waals surface area contributed by atoms with Gasteiger partial charge in [-0.15, -0.1) is 0 Å². The number of hydrogen-bond donors (Lipinski definition) is 0. The lowest BCUT2D eigenvalue weighted by molar-refractivity contribution is -0.134. The number of nitrogens with zero attached hydrogens (tertiary/aromatic N) is 3. The summed E-state index contributed by atoms with van der Waals surface area (Å²) in [7, 11) is 0. The molecule has 0 amide bonds. The predicted octanol–water partition coefficient (Wildman–Crippen LogP) is 5.25. The average molecular weight is 464 g/mol. The number of hydrogen-bond acceptors (Lipinski definition) is 4. The minimum Gasteiger partial charge on any atom is -0.313 e. The maximum absolute atomic E-state index is 14.7. The van der Waals surface area contributed by atoms with E-state index in [2.05, 4.69) is 9.83 Å². The fourth-order valence-electron chi connectivity index (χ4n) is 5.23. The highest BCUT2D eigenvalue weighted by Gasteiger charge is 2.45. The highest BCUT2D eigenvalue weighted by Crippen LogP contribution is 2.44. The van der Waals surface area contributed by atoms with Crippen molar-refractivity contribution in [2.45, 2.75) is 64.3 Å². The molecule has 1 heterocycles. The van der Waals surface area contributed by atoms with E-state index in [1.54, 1.807) is 24.5 Å². The molecule has 6 nitrogen and oxygen atoms in total. The Hall–Kier alpha value is -3.14. The molecule has 4 rings (SSSR count). The van der Waals surface area contributed by atoms with Gasteiger partial charge in [0.2, 0.25) is 6.04 Å². The first kappa shape index (κ1) is 24.0. The van der Waals surface area contributed by atoms with Crippen LogP contribution in [0, 0.1) is 36.1 Å². The smallest absolute Gasteiger partial charge is 0.230 e. The lowest BCUT2D eigenvalue weighted by Crippen LogP contribution is -2.33. The number of rotatable bonds is 11. The second-order valence-corrected chi connectivity index (χ2v) is 9.62. The Kier molecular flexibility index (Phi) is 7.35. The second kappa shape index (κ2) is 10.4. The third-order valence-electron chi connectivity index (χ3n) is 7.40. The van der Waals surface area contributed by atoms with E-state index < -0.39 is 11.7 Å². The van der Waals surface area contributed by atoms with Gasteiger partial charge >= 0.3 is 0 Å². The van der Waals surface area contributed by atoms with E-state index in [0.717, 1.165) is 19.3 Å². The molecule has 0 saturated heterocycles. The summed E-state index contributed by atoms with van der Waals surface area (Å²) >= 11 is 0. The second-order valence-electron chi connectivity index (χ2n) is 9.62. The molecular formula is C27H30FN3O3. The van der Waals surface area contributed by atoms with Gasteiger partial charge in [0.15, 0.2) is 5.78 Å². The first-order valence-electron chi connectivity index (χ1n) is 12.2. The number of Topliss-reactive ketones (excluding diaryl/α,β-unsaturated/α-hetero) is 3. The van der Waals surface area contributed by atoms with E-state index in [4.69, 9.17) is 6.57 Å². The van der Waals surface area contributed by atoms with E-state index in [1.165, 1.54) is 17.0 Å². The molecule has 4 atom stereocenters. The quantitative estimate of drug-likeness (QED) is 0.337. The Balaban J connectivity index is 1.46. The Morgan fingerprint density at radius 1 is 1.18 bits per heavy atom. The number of carbonyl (C=O) groups is 3. The van der Waals surface area contributed by atoms with Gasteiger partial charge in [0.05, 0.1) is 18.4 Å². The van der Waals surface area contributed by atoms with E-state index in [-0.39, 0.29) is 59.6 Å². The molecule has 34 heavy (non-hydrogen) atoms. The molecule has 0 bridgehead atoms. The lowest BCUT2D eigenvalue weighted by Gasteiger charge is -2.23. The topological polar surface area (TPSA) is 73.4 Å². The van der Waals surface area contributed by atoms with Gasteiger partial charge in [0.1, 0.15) is 17.4 Å². The molecule has 4 unspecified atom stereocenters. The average Bonchev–Trinajstić information content (AvgIpc) is 3.31. The molecule has 7 heteroatoms. The highest BCUT2D eigenvalue weighted by molar-refractivity contribution is 6.00. The van der Waals surface area contributed by atoms with Gasteiger partial charge in [-0.05, 0) is 49.8 Å². The Bertz CT molecular complexity index is 1100. The molecule has 0 spiro atoms. The van der Waals surface area contributed by atoms with Crippen LogP contribution in [0.4, 0.5) is 4.39 Å². The summed E-state index contributed by atoms with van der Waals surface area (Å²) in [6, 6.07) is 4.03. The van der Waals surface area contributed by atoms with Crippen LogP contribution in [0.5, 0.6) is 0 Å². The van der Waals surface area contributed by atoms with Crippen LogP contribution < -0.4 is 0 Å². The van der Waals surface area contributed by atoms with Crippen molar-refractivity contribution in [3.63, 3.8) is 0 Å². The van der Waals surface area contributed by atoms with Gasteiger partial charge in [-0.2, -0.15) is 0 Å². The van der Waals surface area contributed by atoms with Crippen LogP contribution in [-0.2, 0) is 9.59 Å². The number of aromatic nitrogens is 2. The largest absolute Gasteiger partial charge is 0.313 e. The molecular weight excluding hydrogens is 433 g/mol. The summed E-state index contributed by atoms with van der Waals surface area (Å²) in [5.74, 6) is -1.72. The van der Waals surface area contributed by atoms with Crippen molar-refractivity contribution >= 4 is 17.3 Å².